The van der Waals surface area contributed by atoms with Crippen molar-refractivity contribution in [3.63, 3.8) is 0 Å². The number of aromatic nitrogens is 1. The maximum atomic E-state index is 13.6. The van der Waals surface area contributed by atoms with Gasteiger partial charge in [0, 0.05) is 6.20 Å². The Kier molecular flexibility index (Phi) is 3.58. The molecule has 3 nitrogen and oxygen atoms in total. The van der Waals surface area contributed by atoms with E-state index in [0.29, 0.717) is 5.56 Å². The topological polar surface area (TPSA) is 48.1 Å². The molecule has 1 atom stereocenters. The van der Waals surface area contributed by atoms with Gasteiger partial charge in [0.15, 0.2) is 11.6 Å². The van der Waals surface area contributed by atoms with Gasteiger partial charge in [0.1, 0.15) is 0 Å². The Bertz CT molecular complexity index is 557. The van der Waals surface area contributed by atoms with Crippen molar-refractivity contribution in [2.24, 2.45) is 5.73 Å². The summed E-state index contributed by atoms with van der Waals surface area (Å²) in [7, 11) is 1.43. The fraction of sp³-hybridized carbons (Fsp3) is 0.214. The van der Waals surface area contributed by atoms with E-state index in [-0.39, 0.29) is 5.75 Å². The zero-order chi connectivity index (χ0) is 13.1. The number of rotatable bonds is 3. The molecule has 0 fully saturated rings. The van der Waals surface area contributed by atoms with Gasteiger partial charge in [0.2, 0.25) is 0 Å². The third-order valence-corrected chi connectivity index (χ3v) is 2.79. The number of ether oxygens (including phenoxy) is 1. The van der Waals surface area contributed by atoms with Crippen LogP contribution >= 0.6 is 0 Å². The molecule has 2 N–H and O–H groups in total. The number of pyridine rings is 1. The van der Waals surface area contributed by atoms with Crippen LogP contribution in [0.1, 0.15) is 22.9 Å². The molecule has 18 heavy (non-hydrogen) atoms. The summed E-state index contributed by atoms with van der Waals surface area (Å²) in [6.45, 7) is 1.96. The second-order valence-corrected chi connectivity index (χ2v) is 4.13. The maximum absolute atomic E-state index is 13.6. The van der Waals surface area contributed by atoms with Gasteiger partial charge in [-0.25, -0.2) is 4.39 Å². The van der Waals surface area contributed by atoms with Gasteiger partial charge in [-0.05, 0) is 42.3 Å². The largest absolute Gasteiger partial charge is 0.494 e. The molecule has 0 aliphatic rings. The Morgan fingerprint density at radius 2 is 2.06 bits per heavy atom. The first-order chi connectivity index (χ1) is 8.61. The summed E-state index contributed by atoms with van der Waals surface area (Å²) in [5, 5.41) is 0. The normalized spacial score (nSPS) is 12.2. The molecule has 0 aliphatic heterocycles. The highest BCUT2D eigenvalue weighted by Gasteiger charge is 2.13. The summed E-state index contributed by atoms with van der Waals surface area (Å²) in [5.41, 5.74) is 8.54. The van der Waals surface area contributed by atoms with Crippen LogP contribution in [0.3, 0.4) is 0 Å². The predicted octanol–water partition coefficient (Wildman–Crippen LogP) is 2.59. The minimum atomic E-state index is -0.440. The molecule has 1 aromatic carbocycles. The Morgan fingerprint density at radius 3 is 2.67 bits per heavy atom. The average Bonchev–Trinajstić information content (AvgIpc) is 2.37. The first-order valence-electron chi connectivity index (χ1n) is 5.63. The van der Waals surface area contributed by atoms with Crippen LogP contribution in [0.2, 0.25) is 0 Å². The number of nitrogens with two attached hydrogens (primary N) is 1. The minimum absolute atomic E-state index is 0.211. The number of methoxy groups -OCH3 is 1. The molecular weight excluding hydrogens is 231 g/mol. The molecule has 1 heterocycles. The van der Waals surface area contributed by atoms with Gasteiger partial charge in [0.05, 0.1) is 18.8 Å². The van der Waals surface area contributed by atoms with Gasteiger partial charge >= 0.3 is 0 Å². The van der Waals surface area contributed by atoms with E-state index in [0.717, 1.165) is 11.3 Å². The van der Waals surface area contributed by atoms with Crippen LogP contribution in [-0.2, 0) is 0 Å². The van der Waals surface area contributed by atoms with Crippen LogP contribution in [0.4, 0.5) is 4.39 Å². The van der Waals surface area contributed by atoms with E-state index in [1.54, 1.807) is 18.3 Å². The van der Waals surface area contributed by atoms with Gasteiger partial charge in [0.25, 0.3) is 0 Å². The molecule has 1 unspecified atom stereocenters. The van der Waals surface area contributed by atoms with Gasteiger partial charge in [-0.1, -0.05) is 6.07 Å². The van der Waals surface area contributed by atoms with Crippen molar-refractivity contribution in [1.29, 1.82) is 0 Å². The molecule has 0 amide bonds. The second kappa shape index (κ2) is 5.14. The van der Waals surface area contributed by atoms with E-state index in [2.05, 4.69) is 4.98 Å². The third-order valence-electron chi connectivity index (χ3n) is 2.79. The first kappa shape index (κ1) is 12.5. The van der Waals surface area contributed by atoms with Crippen molar-refractivity contribution in [1.82, 2.24) is 4.98 Å². The SMILES string of the molecule is COc1ccc(C(N)c2cc(C)ccn2)cc1F. The van der Waals surface area contributed by atoms with Gasteiger partial charge in [-0.15, -0.1) is 0 Å². The smallest absolute Gasteiger partial charge is 0.165 e. The lowest BCUT2D eigenvalue weighted by molar-refractivity contribution is 0.386. The summed E-state index contributed by atoms with van der Waals surface area (Å²) in [6.07, 6.45) is 1.70. The Hall–Kier alpha value is -1.94. The predicted molar refractivity (Wildman–Crippen MR) is 68.0 cm³/mol. The Balaban J connectivity index is 2.34. The fourth-order valence-electron chi connectivity index (χ4n) is 1.78. The standard InChI is InChI=1S/C14H15FN2O/c1-9-5-6-17-12(7-9)14(16)10-3-4-13(18-2)11(15)8-10/h3-8,14H,16H2,1-2H3. The quantitative estimate of drug-likeness (QED) is 0.905. The lowest BCUT2D eigenvalue weighted by Crippen LogP contribution is -2.14. The molecule has 0 saturated heterocycles. The minimum Gasteiger partial charge on any atom is -0.494 e. The number of hydrogen-bond acceptors (Lipinski definition) is 3. The van der Waals surface area contributed by atoms with Crippen molar-refractivity contribution in [2.75, 3.05) is 7.11 Å². The van der Waals surface area contributed by atoms with E-state index < -0.39 is 11.9 Å². The monoisotopic (exact) mass is 246 g/mol. The summed E-state index contributed by atoms with van der Waals surface area (Å²) in [4.78, 5) is 4.21. The molecule has 0 bridgehead atoms. The van der Waals surface area contributed by atoms with Gasteiger partial charge < -0.3 is 10.5 Å². The molecule has 0 spiro atoms. The molecule has 2 aromatic rings. The van der Waals surface area contributed by atoms with E-state index in [1.807, 2.05) is 19.1 Å². The number of benzene rings is 1. The molecule has 0 aliphatic carbocycles. The van der Waals surface area contributed by atoms with Crippen LogP contribution in [0, 0.1) is 12.7 Å². The van der Waals surface area contributed by atoms with Crippen molar-refractivity contribution >= 4 is 0 Å². The number of halogens is 1. The number of aryl methyl sites for hydroxylation is 1. The molecular formula is C14H15FN2O. The molecule has 94 valence electrons. The number of nitrogens with zero attached hydrogens (tertiary/aromatic N) is 1. The fourth-order valence-corrected chi connectivity index (χ4v) is 1.78. The molecule has 0 radical (unpaired) electrons. The van der Waals surface area contributed by atoms with E-state index in [9.17, 15) is 4.39 Å². The van der Waals surface area contributed by atoms with Crippen molar-refractivity contribution < 1.29 is 9.13 Å². The summed E-state index contributed by atoms with van der Waals surface area (Å²) >= 11 is 0. The Morgan fingerprint density at radius 1 is 1.28 bits per heavy atom. The van der Waals surface area contributed by atoms with Crippen LogP contribution in [0.15, 0.2) is 36.5 Å². The molecule has 2 rings (SSSR count). The van der Waals surface area contributed by atoms with Gasteiger partial charge in [-0.3, -0.25) is 4.98 Å². The third kappa shape index (κ3) is 2.49. The van der Waals surface area contributed by atoms with Crippen LogP contribution in [-0.4, -0.2) is 12.1 Å². The zero-order valence-electron chi connectivity index (χ0n) is 10.4. The van der Waals surface area contributed by atoms with E-state index in [1.165, 1.54) is 13.2 Å². The van der Waals surface area contributed by atoms with E-state index in [4.69, 9.17) is 10.5 Å². The lowest BCUT2D eigenvalue weighted by atomic mass is 10.0. The van der Waals surface area contributed by atoms with Crippen molar-refractivity contribution in [3.05, 3.63) is 59.2 Å². The lowest BCUT2D eigenvalue weighted by Gasteiger charge is -2.13. The highest BCUT2D eigenvalue weighted by molar-refractivity contribution is 5.34. The summed E-state index contributed by atoms with van der Waals surface area (Å²) in [6, 6.07) is 8.05. The molecule has 0 saturated carbocycles. The van der Waals surface area contributed by atoms with Crippen molar-refractivity contribution in [3.8, 4) is 5.75 Å². The van der Waals surface area contributed by atoms with Gasteiger partial charge in [-0.2, -0.15) is 0 Å². The molecule has 1 aromatic heterocycles. The maximum Gasteiger partial charge on any atom is 0.165 e. The summed E-state index contributed by atoms with van der Waals surface area (Å²) in [5.74, 6) is -0.207. The van der Waals surface area contributed by atoms with Crippen LogP contribution < -0.4 is 10.5 Å². The number of hydrogen-bond donors (Lipinski definition) is 1. The van der Waals surface area contributed by atoms with Crippen LogP contribution in [0.25, 0.3) is 0 Å². The highest BCUT2D eigenvalue weighted by Crippen LogP contribution is 2.24. The Labute approximate surface area is 105 Å². The van der Waals surface area contributed by atoms with Crippen LogP contribution in [0.5, 0.6) is 5.75 Å². The first-order valence-corrected chi connectivity index (χ1v) is 5.63. The average molecular weight is 246 g/mol. The van der Waals surface area contributed by atoms with Crippen molar-refractivity contribution in [2.45, 2.75) is 13.0 Å². The summed E-state index contributed by atoms with van der Waals surface area (Å²) < 4.78 is 18.5. The second-order valence-electron chi connectivity index (χ2n) is 4.13. The van der Waals surface area contributed by atoms with E-state index >= 15 is 0 Å². The highest BCUT2D eigenvalue weighted by atomic mass is 19.1. The zero-order valence-corrected chi connectivity index (χ0v) is 10.4. The molecule has 4 heteroatoms.